The molecular weight excluding hydrogens is 356 g/mol. The van der Waals surface area contributed by atoms with Crippen LogP contribution in [0, 0.1) is 20.7 Å². The highest BCUT2D eigenvalue weighted by molar-refractivity contribution is 6.08. The zero-order valence-corrected chi connectivity index (χ0v) is 17.3. The number of hydrogen-bond donors (Lipinski definition) is 0. The lowest BCUT2D eigenvalue weighted by molar-refractivity contribution is -0.660. The summed E-state index contributed by atoms with van der Waals surface area (Å²) < 4.78 is 41.9. The summed E-state index contributed by atoms with van der Waals surface area (Å²) in [5.41, 5.74) is 5.94. The first-order valence-corrected chi connectivity index (χ1v) is 10.4. The van der Waals surface area contributed by atoms with Gasteiger partial charge in [0.05, 0.1) is 5.56 Å². The van der Waals surface area contributed by atoms with E-state index in [4.69, 9.17) is 8.53 Å². The van der Waals surface area contributed by atoms with Gasteiger partial charge < -0.3 is 4.42 Å². The van der Waals surface area contributed by atoms with Crippen LogP contribution in [0.4, 0.5) is 0 Å². The molecule has 29 heavy (non-hydrogen) atoms. The number of fused-ring (bicyclic) bond motifs is 3. The van der Waals surface area contributed by atoms with Gasteiger partial charge in [-0.2, -0.15) is 0 Å². The van der Waals surface area contributed by atoms with Crippen molar-refractivity contribution in [2.45, 2.75) is 58.7 Å². The first kappa shape index (κ1) is 14.3. The summed E-state index contributed by atoms with van der Waals surface area (Å²) in [4.78, 5) is 4.57. The minimum absolute atomic E-state index is 0.275. The Hall–Kier alpha value is -2.68. The van der Waals surface area contributed by atoms with E-state index >= 15 is 0 Å². The largest absolute Gasteiger partial charge is 0.437 e. The fourth-order valence-electron chi connectivity index (χ4n) is 4.67. The lowest BCUT2D eigenvalue weighted by Gasteiger charge is -2.23. The fourth-order valence-corrected chi connectivity index (χ4v) is 4.67. The highest BCUT2D eigenvalue weighted by Crippen LogP contribution is 2.39. The third kappa shape index (κ3) is 3.04. The van der Waals surface area contributed by atoms with Gasteiger partial charge in [-0.15, -0.1) is 0 Å². The van der Waals surface area contributed by atoms with Gasteiger partial charge in [0.15, 0.2) is 11.8 Å². The maximum Gasteiger partial charge on any atom is 0.227 e. The van der Waals surface area contributed by atoms with Gasteiger partial charge in [0.1, 0.15) is 7.05 Å². The molecule has 0 bridgehead atoms. The summed E-state index contributed by atoms with van der Waals surface area (Å²) >= 11 is 0. The van der Waals surface area contributed by atoms with Crippen molar-refractivity contribution in [1.29, 1.82) is 0 Å². The first-order valence-electron chi connectivity index (χ1n) is 12.4. The average Bonchev–Trinajstić information content (AvgIpc) is 3.11. The smallest absolute Gasteiger partial charge is 0.227 e. The number of hydrogen-bond acceptors (Lipinski definition) is 2. The molecule has 0 spiro atoms. The lowest BCUT2D eigenvalue weighted by Crippen LogP contribution is -2.32. The van der Waals surface area contributed by atoms with Gasteiger partial charge >= 0.3 is 0 Å². The second-order valence-corrected chi connectivity index (χ2v) is 8.30. The molecule has 1 aromatic carbocycles. The van der Waals surface area contributed by atoms with Gasteiger partial charge in [-0.25, -0.2) is 9.55 Å². The maximum atomic E-state index is 9.25. The summed E-state index contributed by atoms with van der Waals surface area (Å²) in [6, 6.07) is 10.1. The number of nitrogens with zero attached hydrogens (tertiary/aromatic N) is 2. The van der Waals surface area contributed by atoms with E-state index in [2.05, 4.69) is 17.1 Å². The zero-order chi connectivity index (χ0) is 23.5. The Bertz CT molecular complexity index is 1380. The normalized spacial score (nSPS) is 19.0. The predicted octanol–water partition coefficient (Wildman–Crippen LogP) is 6.45. The molecule has 0 N–H and O–H groups in total. The van der Waals surface area contributed by atoms with Gasteiger partial charge in [0, 0.05) is 33.6 Å². The van der Waals surface area contributed by atoms with E-state index in [9.17, 15) is 1.37 Å². The molecular formula is C26H29N2O+. The van der Waals surface area contributed by atoms with E-state index in [1.54, 1.807) is 6.20 Å². The second kappa shape index (κ2) is 6.98. The van der Waals surface area contributed by atoms with Crippen molar-refractivity contribution in [1.82, 2.24) is 4.98 Å². The summed E-state index contributed by atoms with van der Waals surface area (Å²) in [6.07, 6.45) is 6.06. The summed E-state index contributed by atoms with van der Waals surface area (Å²) in [5, 5.41) is 1.95. The van der Waals surface area contributed by atoms with Crippen molar-refractivity contribution in [2.24, 2.45) is 7.05 Å². The van der Waals surface area contributed by atoms with Crippen LogP contribution >= 0.6 is 0 Å². The van der Waals surface area contributed by atoms with Gasteiger partial charge in [-0.05, 0) is 62.7 Å². The molecule has 0 aliphatic heterocycles. The number of rotatable bonds is 2. The topological polar surface area (TPSA) is 29.9 Å². The Labute approximate surface area is 178 Å². The van der Waals surface area contributed by atoms with Crippen LogP contribution in [0.15, 0.2) is 40.9 Å². The van der Waals surface area contributed by atoms with Crippen LogP contribution in [0.3, 0.4) is 0 Å². The van der Waals surface area contributed by atoms with Crippen molar-refractivity contribution in [3.63, 3.8) is 0 Å². The molecule has 3 heterocycles. The molecule has 1 fully saturated rings. The minimum atomic E-state index is -2.28. The molecule has 0 radical (unpaired) electrons. The Balaban J connectivity index is 1.82. The van der Waals surface area contributed by atoms with E-state index in [-0.39, 0.29) is 5.56 Å². The quantitative estimate of drug-likeness (QED) is 0.369. The minimum Gasteiger partial charge on any atom is -0.437 e. The molecule has 5 rings (SSSR count). The summed E-state index contributed by atoms with van der Waals surface area (Å²) in [5.74, 6) is -0.890. The van der Waals surface area contributed by atoms with Crippen LogP contribution in [0.2, 0.25) is 0 Å². The van der Waals surface area contributed by atoms with E-state index in [1.165, 1.54) is 0 Å². The first-order chi connectivity index (χ1) is 15.6. The maximum absolute atomic E-state index is 9.25. The summed E-state index contributed by atoms with van der Waals surface area (Å²) in [6.45, 7) is 1.70. The Morgan fingerprint density at radius 1 is 1.07 bits per heavy atom. The fraction of sp³-hybridized carbons (Fsp3) is 0.385. The van der Waals surface area contributed by atoms with Crippen LogP contribution in [-0.2, 0) is 7.05 Å². The zero-order valence-electron chi connectivity index (χ0n) is 21.3. The number of pyridine rings is 2. The van der Waals surface area contributed by atoms with Crippen LogP contribution in [0.5, 0.6) is 0 Å². The van der Waals surface area contributed by atoms with Crippen molar-refractivity contribution >= 4 is 22.1 Å². The second-order valence-electron chi connectivity index (χ2n) is 8.30. The molecule has 3 heteroatoms. The van der Waals surface area contributed by atoms with Crippen LogP contribution < -0.4 is 4.57 Å². The van der Waals surface area contributed by atoms with Gasteiger partial charge in [-0.1, -0.05) is 31.4 Å². The molecule has 0 amide bonds. The monoisotopic (exact) mass is 389 g/mol. The third-order valence-electron chi connectivity index (χ3n) is 6.22. The molecule has 0 atom stereocenters. The van der Waals surface area contributed by atoms with Crippen molar-refractivity contribution in [2.75, 3.05) is 0 Å². The van der Waals surface area contributed by atoms with Gasteiger partial charge in [0.25, 0.3) is 0 Å². The van der Waals surface area contributed by atoms with Gasteiger partial charge in [-0.3, -0.25) is 0 Å². The number of benzene rings is 1. The Morgan fingerprint density at radius 3 is 2.66 bits per heavy atom. The Kier molecular flexibility index (Phi) is 3.45. The predicted molar refractivity (Wildman–Crippen MR) is 118 cm³/mol. The standard InChI is InChI=1S/C26H29N2O/c1-16-10-12-20-21-13-11-18(3)27-26(21)29-25(20)24(16)23-14-22(17(2)15-28(23)4)19-8-6-5-7-9-19/h10-15,19H,5-9H2,1-4H3/q+1/i2D3,19D. The van der Waals surface area contributed by atoms with Crippen molar-refractivity contribution in [3.05, 3.63) is 58.9 Å². The molecule has 3 nitrogen and oxygen atoms in total. The lowest BCUT2D eigenvalue weighted by atomic mass is 9.82. The van der Waals surface area contributed by atoms with E-state index < -0.39 is 12.7 Å². The average molecular weight is 390 g/mol. The van der Waals surface area contributed by atoms with Gasteiger partial charge in [0.2, 0.25) is 11.4 Å². The molecule has 0 unspecified atom stereocenters. The molecule has 148 valence electrons. The molecule has 1 saturated carbocycles. The highest BCUT2D eigenvalue weighted by atomic mass is 16.3. The summed E-state index contributed by atoms with van der Waals surface area (Å²) in [7, 11) is 1.87. The van der Waals surface area contributed by atoms with Crippen LogP contribution in [0.25, 0.3) is 33.3 Å². The molecule has 0 saturated heterocycles. The highest BCUT2D eigenvalue weighted by Gasteiger charge is 2.25. The van der Waals surface area contributed by atoms with Crippen molar-refractivity contribution in [3.8, 4) is 11.3 Å². The number of furan rings is 1. The third-order valence-corrected chi connectivity index (χ3v) is 6.22. The molecule has 4 aromatic rings. The Morgan fingerprint density at radius 2 is 1.86 bits per heavy atom. The molecule has 1 aliphatic carbocycles. The van der Waals surface area contributed by atoms with E-state index in [1.807, 2.05) is 43.7 Å². The molecule has 3 aromatic heterocycles. The molecule has 1 aliphatic rings. The van der Waals surface area contributed by atoms with Crippen molar-refractivity contribution < 1.29 is 14.5 Å². The van der Waals surface area contributed by atoms with E-state index in [0.717, 1.165) is 58.1 Å². The van der Waals surface area contributed by atoms with E-state index in [0.29, 0.717) is 24.1 Å². The SMILES string of the molecule is [2H]C([2H])([2H])c1c[n+](C)c(-c2c(C)ccc3c2oc2nc(C)ccc23)cc1C1([2H])CCCCC1. The number of aryl methyl sites for hydroxylation is 4. The van der Waals surface area contributed by atoms with Crippen LogP contribution in [0.1, 0.15) is 65.9 Å². The number of aromatic nitrogens is 2. The van der Waals surface area contributed by atoms with Crippen LogP contribution in [-0.4, -0.2) is 4.98 Å².